The summed E-state index contributed by atoms with van der Waals surface area (Å²) in [4.78, 5) is 14.5. The van der Waals surface area contributed by atoms with E-state index in [-0.39, 0.29) is 6.61 Å². The number of thiophene rings is 1. The first-order valence-electron chi connectivity index (χ1n) is 8.69. The molecule has 4 aromatic rings. The van der Waals surface area contributed by atoms with Crippen LogP contribution in [0.5, 0.6) is 0 Å². The number of nitrogens with one attached hydrogen (secondary N) is 1. The van der Waals surface area contributed by atoms with Crippen molar-refractivity contribution in [3.05, 3.63) is 52.7 Å². The van der Waals surface area contributed by atoms with Gasteiger partial charge in [-0.3, -0.25) is 0 Å². The van der Waals surface area contributed by atoms with Gasteiger partial charge >= 0.3 is 0 Å². The molecular formula is C20H18N4OS. The van der Waals surface area contributed by atoms with Crippen molar-refractivity contribution in [3.63, 3.8) is 0 Å². The summed E-state index contributed by atoms with van der Waals surface area (Å²) in [6.07, 6.45) is 4.88. The van der Waals surface area contributed by atoms with Crippen molar-refractivity contribution in [1.82, 2.24) is 15.0 Å². The second-order valence-corrected chi connectivity index (χ2v) is 7.79. The maximum Gasteiger partial charge on any atom is 0.220 e. The first kappa shape index (κ1) is 15.5. The third-order valence-electron chi connectivity index (χ3n) is 4.97. The fraction of sp³-hybridized carbons (Fsp3) is 0.200. The van der Waals surface area contributed by atoms with Gasteiger partial charge in [-0.05, 0) is 54.7 Å². The number of aliphatic hydroxyl groups is 1. The summed E-state index contributed by atoms with van der Waals surface area (Å²) in [5.41, 5.74) is 12.6. The molecule has 0 amide bonds. The van der Waals surface area contributed by atoms with E-state index in [1.54, 1.807) is 11.3 Å². The predicted octanol–water partition coefficient (Wildman–Crippen LogP) is 3.92. The second-order valence-electron chi connectivity index (χ2n) is 6.62. The lowest BCUT2D eigenvalue weighted by Gasteiger charge is -2.07. The van der Waals surface area contributed by atoms with Crippen LogP contribution in [-0.2, 0) is 19.4 Å². The summed E-state index contributed by atoms with van der Waals surface area (Å²) in [5.74, 6) is 0.313. The van der Waals surface area contributed by atoms with Crippen LogP contribution in [-0.4, -0.2) is 20.1 Å². The Bertz CT molecular complexity index is 1130. The van der Waals surface area contributed by atoms with Gasteiger partial charge in [-0.1, -0.05) is 6.07 Å². The molecule has 1 aliphatic carbocycles. The highest BCUT2D eigenvalue weighted by Gasteiger charge is 2.21. The maximum atomic E-state index is 9.34. The molecule has 5 nitrogen and oxygen atoms in total. The minimum atomic E-state index is 0.0794. The molecule has 0 radical (unpaired) electrons. The third-order valence-corrected chi connectivity index (χ3v) is 6.09. The van der Waals surface area contributed by atoms with Crippen LogP contribution in [0.1, 0.15) is 22.6 Å². The van der Waals surface area contributed by atoms with Crippen molar-refractivity contribution in [1.29, 1.82) is 0 Å². The smallest absolute Gasteiger partial charge is 0.220 e. The molecule has 0 fully saturated rings. The molecule has 3 aromatic heterocycles. The Morgan fingerprint density at radius 2 is 2.12 bits per heavy atom. The molecule has 5 rings (SSSR count). The molecule has 0 unspecified atom stereocenters. The van der Waals surface area contributed by atoms with Gasteiger partial charge in [0, 0.05) is 38.1 Å². The zero-order chi connectivity index (χ0) is 17.7. The molecule has 6 heteroatoms. The van der Waals surface area contributed by atoms with Crippen LogP contribution in [0.25, 0.3) is 32.6 Å². The first-order chi connectivity index (χ1) is 12.7. The van der Waals surface area contributed by atoms with Crippen molar-refractivity contribution < 1.29 is 5.11 Å². The number of aryl methyl sites for hydroxylation is 2. The number of aromatic amines is 1. The van der Waals surface area contributed by atoms with Crippen molar-refractivity contribution in [2.45, 2.75) is 25.9 Å². The summed E-state index contributed by atoms with van der Waals surface area (Å²) in [6.45, 7) is 0.0794. The van der Waals surface area contributed by atoms with Crippen molar-refractivity contribution in [2.24, 2.45) is 0 Å². The molecule has 130 valence electrons. The highest BCUT2D eigenvalue weighted by molar-refractivity contribution is 7.15. The van der Waals surface area contributed by atoms with Gasteiger partial charge in [-0.15, -0.1) is 11.3 Å². The van der Waals surface area contributed by atoms with Gasteiger partial charge in [0.25, 0.3) is 0 Å². The number of nitrogens with zero attached hydrogens (tertiary/aromatic N) is 2. The van der Waals surface area contributed by atoms with E-state index >= 15 is 0 Å². The molecule has 0 spiro atoms. The zero-order valence-corrected chi connectivity index (χ0v) is 14.9. The van der Waals surface area contributed by atoms with E-state index in [4.69, 9.17) is 5.73 Å². The molecule has 0 aliphatic heterocycles. The third kappa shape index (κ3) is 2.41. The number of nitrogen functional groups attached to an aromatic ring is 1. The maximum absolute atomic E-state index is 9.34. The molecule has 0 atom stereocenters. The highest BCUT2D eigenvalue weighted by Crippen LogP contribution is 2.39. The number of aromatic nitrogens is 3. The van der Waals surface area contributed by atoms with Gasteiger partial charge in [0.2, 0.25) is 5.95 Å². The lowest BCUT2D eigenvalue weighted by atomic mass is 10.0. The molecule has 1 aliphatic rings. The number of rotatable bonds is 2. The minimum absolute atomic E-state index is 0.0794. The quantitative estimate of drug-likeness (QED) is 0.504. The van der Waals surface area contributed by atoms with Crippen LogP contribution in [0.4, 0.5) is 5.95 Å². The molecule has 26 heavy (non-hydrogen) atoms. The largest absolute Gasteiger partial charge is 0.391 e. The molecular weight excluding hydrogens is 344 g/mol. The van der Waals surface area contributed by atoms with Crippen LogP contribution in [0.2, 0.25) is 0 Å². The monoisotopic (exact) mass is 362 g/mol. The Labute approximate surface area is 154 Å². The van der Waals surface area contributed by atoms with Crippen LogP contribution < -0.4 is 5.73 Å². The van der Waals surface area contributed by atoms with Gasteiger partial charge in [0.1, 0.15) is 0 Å². The summed E-state index contributed by atoms with van der Waals surface area (Å²) in [6, 6.07) is 10.5. The fourth-order valence-electron chi connectivity index (χ4n) is 3.75. The number of H-pyrrole nitrogens is 1. The summed E-state index contributed by atoms with van der Waals surface area (Å²) >= 11 is 1.62. The number of anilines is 1. The lowest BCUT2D eigenvalue weighted by molar-refractivity contribution is 0.285. The van der Waals surface area contributed by atoms with Gasteiger partial charge in [-0.2, -0.15) is 0 Å². The lowest BCUT2D eigenvalue weighted by Crippen LogP contribution is -1.99. The average molecular weight is 362 g/mol. The molecule has 0 saturated heterocycles. The highest BCUT2D eigenvalue weighted by atomic mass is 32.1. The topological polar surface area (TPSA) is 87.8 Å². The number of hydrogen-bond donors (Lipinski definition) is 3. The number of fused-ring (bicyclic) bond motifs is 5. The Hall–Kier alpha value is -2.70. The number of nitrogens with two attached hydrogens (primary N) is 1. The Balaban J connectivity index is 1.75. The van der Waals surface area contributed by atoms with Gasteiger partial charge in [0.05, 0.1) is 12.3 Å². The first-order valence-corrected chi connectivity index (χ1v) is 9.51. The summed E-state index contributed by atoms with van der Waals surface area (Å²) in [7, 11) is 0. The fourth-order valence-corrected chi connectivity index (χ4v) is 4.62. The van der Waals surface area contributed by atoms with E-state index in [1.807, 2.05) is 12.3 Å². The van der Waals surface area contributed by atoms with E-state index in [0.717, 1.165) is 62.3 Å². The Morgan fingerprint density at radius 1 is 1.19 bits per heavy atom. The van der Waals surface area contributed by atoms with Crippen molar-refractivity contribution in [2.75, 3.05) is 5.73 Å². The average Bonchev–Trinajstić information content (AvgIpc) is 3.22. The van der Waals surface area contributed by atoms with E-state index < -0.39 is 0 Å². The number of aliphatic hydroxyl groups excluding tert-OH is 1. The minimum Gasteiger partial charge on any atom is -0.391 e. The van der Waals surface area contributed by atoms with E-state index in [9.17, 15) is 5.11 Å². The van der Waals surface area contributed by atoms with Crippen LogP contribution in [0, 0.1) is 0 Å². The zero-order valence-electron chi connectivity index (χ0n) is 14.1. The predicted molar refractivity (Wildman–Crippen MR) is 105 cm³/mol. The molecule has 3 heterocycles. The van der Waals surface area contributed by atoms with Gasteiger partial charge in [0.15, 0.2) is 0 Å². The van der Waals surface area contributed by atoms with E-state index in [0.29, 0.717) is 5.95 Å². The SMILES string of the molecule is Nc1ncc2c(n1)-c1c([nH]c3ccc(-c4ccc(CO)s4)cc13)CCC2. The number of benzene rings is 1. The molecule has 0 bridgehead atoms. The van der Waals surface area contributed by atoms with E-state index in [2.05, 4.69) is 39.2 Å². The summed E-state index contributed by atoms with van der Waals surface area (Å²) < 4.78 is 0. The van der Waals surface area contributed by atoms with Crippen LogP contribution in [0.3, 0.4) is 0 Å². The number of hydrogen-bond acceptors (Lipinski definition) is 5. The molecule has 0 saturated carbocycles. The molecule has 4 N–H and O–H groups in total. The normalized spacial score (nSPS) is 13.4. The van der Waals surface area contributed by atoms with Gasteiger partial charge < -0.3 is 15.8 Å². The Kier molecular flexibility index (Phi) is 3.55. The Morgan fingerprint density at radius 3 is 2.96 bits per heavy atom. The van der Waals surface area contributed by atoms with Gasteiger partial charge in [-0.25, -0.2) is 9.97 Å². The van der Waals surface area contributed by atoms with Crippen molar-refractivity contribution >= 4 is 28.2 Å². The van der Waals surface area contributed by atoms with E-state index in [1.165, 1.54) is 5.69 Å². The second kappa shape index (κ2) is 5.93. The van der Waals surface area contributed by atoms with Crippen LogP contribution >= 0.6 is 11.3 Å². The van der Waals surface area contributed by atoms with Crippen molar-refractivity contribution in [3.8, 4) is 21.7 Å². The standard InChI is InChI=1S/C20H18N4OS/c21-20-22-9-12-2-1-3-16-18(19(12)24-20)14-8-11(4-6-15(14)23-16)17-7-5-13(10-25)26-17/h4-9,23,25H,1-3,10H2,(H2,21,22,24). The summed E-state index contributed by atoms with van der Waals surface area (Å²) in [5, 5.41) is 10.5. The molecule has 1 aromatic carbocycles. The van der Waals surface area contributed by atoms with Crippen LogP contribution in [0.15, 0.2) is 36.5 Å².